The van der Waals surface area contributed by atoms with Crippen molar-refractivity contribution in [2.24, 2.45) is 0 Å². The van der Waals surface area contributed by atoms with Gasteiger partial charge in [-0.1, -0.05) is 28.1 Å². The van der Waals surface area contributed by atoms with Crippen LogP contribution in [0.1, 0.15) is 6.42 Å². The van der Waals surface area contributed by atoms with Crippen LogP contribution >= 0.6 is 15.9 Å². The van der Waals surface area contributed by atoms with Crippen LogP contribution in [0.5, 0.6) is 5.75 Å². The largest absolute Gasteiger partial charge is 0.495 e. The van der Waals surface area contributed by atoms with Gasteiger partial charge >= 0.3 is 0 Å². The monoisotopic (exact) mass is 401 g/mol. The summed E-state index contributed by atoms with van der Waals surface area (Å²) >= 11 is 3.37. The van der Waals surface area contributed by atoms with Crippen molar-refractivity contribution in [2.45, 2.75) is 13.0 Å². The molecule has 0 fully saturated rings. The lowest BCUT2D eigenvalue weighted by molar-refractivity contribution is -0.116. The van der Waals surface area contributed by atoms with E-state index in [4.69, 9.17) is 4.74 Å². The van der Waals surface area contributed by atoms with E-state index in [0.29, 0.717) is 28.9 Å². The fourth-order valence-electron chi connectivity index (χ4n) is 2.54. The Labute approximate surface area is 152 Å². The van der Waals surface area contributed by atoms with E-state index in [1.54, 1.807) is 36.1 Å². The molecule has 0 saturated carbocycles. The number of rotatable bonds is 5. The highest BCUT2D eigenvalue weighted by atomic mass is 79.9. The number of nitrogens with zero attached hydrogens (tertiary/aromatic N) is 2. The van der Waals surface area contributed by atoms with E-state index in [-0.39, 0.29) is 17.8 Å². The number of methoxy groups -OCH3 is 1. The van der Waals surface area contributed by atoms with Crippen molar-refractivity contribution in [3.8, 4) is 5.75 Å². The molecule has 0 bridgehead atoms. The molecular formula is C18H16BrN3O3. The number of aryl methyl sites for hydroxylation is 1. The van der Waals surface area contributed by atoms with Crippen LogP contribution in [0.25, 0.3) is 10.9 Å². The summed E-state index contributed by atoms with van der Waals surface area (Å²) in [4.78, 5) is 24.1. The first kappa shape index (κ1) is 17.2. The maximum absolute atomic E-state index is 12.3. The van der Waals surface area contributed by atoms with Crippen LogP contribution in [0.3, 0.4) is 0 Å². The second-order valence-electron chi connectivity index (χ2n) is 5.39. The molecule has 0 unspecified atom stereocenters. The molecule has 1 amide bonds. The molecule has 0 radical (unpaired) electrons. The Bertz CT molecular complexity index is 985. The van der Waals surface area contributed by atoms with E-state index in [0.717, 1.165) is 4.47 Å². The molecule has 1 N–H and O–H groups in total. The molecule has 0 aliphatic rings. The predicted octanol–water partition coefficient (Wildman–Crippen LogP) is 3.20. The second kappa shape index (κ2) is 7.48. The zero-order valence-corrected chi connectivity index (χ0v) is 15.1. The minimum Gasteiger partial charge on any atom is -0.495 e. The molecule has 3 aromatic rings. The van der Waals surface area contributed by atoms with Crippen molar-refractivity contribution in [3.05, 3.63) is 63.4 Å². The number of carbonyl (C=O) groups excluding carboxylic acids is 1. The number of benzene rings is 2. The summed E-state index contributed by atoms with van der Waals surface area (Å²) in [6, 6.07) is 12.6. The predicted molar refractivity (Wildman–Crippen MR) is 99.9 cm³/mol. The van der Waals surface area contributed by atoms with Gasteiger partial charge in [-0.2, -0.15) is 5.10 Å². The van der Waals surface area contributed by atoms with E-state index >= 15 is 0 Å². The van der Waals surface area contributed by atoms with Crippen LogP contribution in [0.4, 0.5) is 5.69 Å². The van der Waals surface area contributed by atoms with Crippen molar-refractivity contribution in [1.29, 1.82) is 0 Å². The van der Waals surface area contributed by atoms with Crippen LogP contribution in [0.15, 0.2) is 57.9 Å². The highest BCUT2D eigenvalue weighted by molar-refractivity contribution is 9.10. The molecule has 1 aromatic heterocycles. The number of ether oxygens (including phenoxy) is 1. The first-order chi connectivity index (χ1) is 12.1. The highest BCUT2D eigenvalue weighted by Gasteiger charge is 2.10. The Morgan fingerprint density at radius 3 is 2.88 bits per heavy atom. The number of nitrogens with one attached hydrogen (secondary N) is 1. The van der Waals surface area contributed by atoms with Crippen LogP contribution in [0, 0.1) is 0 Å². The number of hydrogen-bond acceptors (Lipinski definition) is 4. The van der Waals surface area contributed by atoms with Crippen molar-refractivity contribution >= 4 is 38.4 Å². The minimum absolute atomic E-state index is 0.129. The minimum atomic E-state index is -0.166. The maximum Gasteiger partial charge on any atom is 0.226 e. The fourth-order valence-corrected chi connectivity index (χ4v) is 2.90. The summed E-state index contributed by atoms with van der Waals surface area (Å²) in [5.41, 5.74) is 1.18. The number of halogens is 1. The van der Waals surface area contributed by atoms with Gasteiger partial charge in [-0.25, -0.2) is 0 Å². The van der Waals surface area contributed by atoms with Crippen molar-refractivity contribution in [1.82, 2.24) is 9.78 Å². The molecule has 2 aromatic carbocycles. The van der Waals surface area contributed by atoms with Crippen molar-refractivity contribution in [2.75, 3.05) is 12.4 Å². The quantitative estimate of drug-likeness (QED) is 0.712. The summed E-state index contributed by atoms with van der Waals surface area (Å²) in [5.74, 6) is 0.421. The number of fused-ring (bicyclic) bond motifs is 1. The van der Waals surface area contributed by atoms with E-state index in [1.807, 2.05) is 18.2 Å². The van der Waals surface area contributed by atoms with Gasteiger partial charge in [-0.15, -0.1) is 0 Å². The summed E-state index contributed by atoms with van der Waals surface area (Å²) in [6.07, 6.45) is 1.49. The number of para-hydroxylation sites is 1. The topological polar surface area (TPSA) is 73.2 Å². The Morgan fingerprint density at radius 1 is 1.28 bits per heavy atom. The highest BCUT2D eigenvalue weighted by Crippen LogP contribution is 2.28. The lowest BCUT2D eigenvalue weighted by atomic mass is 10.2. The van der Waals surface area contributed by atoms with E-state index < -0.39 is 0 Å². The third-order valence-corrected chi connectivity index (χ3v) is 4.24. The van der Waals surface area contributed by atoms with Crippen molar-refractivity contribution < 1.29 is 9.53 Å². The maximum atomic E-state index is 12.3. The van der Waals surface area contributed by atoms with Gasteiger partial charge in [-0.05, 0) is 30.3 Å². The first-order valence-corrected chi connectivity index (χ1v) is 8.46. The van der Waals surface area contributed by atoms with Crippen LogP contribution < -0.4 is 15.5 Å². The Kier molecular flexibility index (Phi) is 5.14. The van der Waals surface area contributed by atoms with E-state index in [2.05, 4.69) is 26.3 Å². The van der Waals surface area contributed by atoms with Gasteiger partial charge in [0, 0.05) is 16.3 Å². The Balaban J connectivity index is 1.74. The molecule has 3 rings (SSSR count). The molecule has 0 atom stereocenters. The van der Waals surface area contributed by atoms with E-state index in [1.165, 1.54) is 6.20 Å². The number of hydrogen-bond donors (Lipinski definition) is 1. The van der Waals surface area contributed by atoms with Gasteiger partial charge in [0.2, 0.25) is 11.3 Å². The third kappa shape index (κ3) is 3.88. The van der Waals surface area contributed by atoms with E-state index in [9.17, 15) is 9.59 Å². The SMILES string of the molecule is COc1ccc(Br)cc1NC(=O)CCn1ncc(=O)c2ccccc21. The standard InChI is InChI=1S/C18H16BrN3O3/c1-25-17-7-6-12(19)10-14(17)21-18(24)8-9-22-15-5-3-2-4-13(15)16(23)11-20-22/h2-7,10-11H,8-9H2,1H3,(H,21,24). The summed E-state index contributed by atoms with van der Waals surface area (Å²) < 4.78 is 7.75. The normalized spacial score (nSPS) is 10.6. The van der Waals surface area contributed by atoms with Crippen LogP contribution in [-0.2, 0) is 11.3 Å². The number of carbonyl (C=O) groups is 1. The average Bonchev–Trinajstić information content (AvgIpc) is 2.62. The van der Waals surface area contributed by atoms with Gasteiger partial charge in [0.15, 0.2) is 0 Å². The Morgan fingerprint density at radius 2 is 2.08 bits per heavy atom. The van der Waals surface area contributed by atoms with Gasteiger partial charge in [0.25, 0.3) is 0 Å². The van der Waals surface area contributed by atoms with Gasteiger partial charge in [0.1, 0.15) is 5.75 Å². The zero-order chi connectivity index (χ0) is 17.8. The van der Waals surface area contributed by atoms with Gasteiger partial charge in [0.05, 0.1) is 31.1 Å². The molecule has 0 aliphatic carbocycles. The molecule has 0 spiro atoms. The summed E-state index contributed by atoms with van der Waals surface area (Å²) in [7, 11) is 1.55. The van der Waals surface area contributed by atoms with Gasteiger partial charge < -0.3 is 10.1 Å². The number of aromatic nitrogens is 2. The van der Waals surface area contributed by atoms with Crippen LogP contribution in [0.2, 0.25) is 0 Å². The summed E-state index contributed by atoms with van der Waals surface area (Å²) in [5, 5.41) is 7.55. The fraction of sp³-hybridized carbons (Fsp3) is 0.167. The Hall–Kier alpha value is -2.67. The molecule has 1 heterocycles. The molecule has 0 aliphatic heterocycles. The molecule has 0 saturated heterocycles. The third-order valence-electron chi connectivity index (χ3n) is 3.75. The smallest absolute Gasteiger partial charge is 0.226 e. The molecule has 25 heavy (non-hydrogen) atoms. The number of anilines is 1. The van der Waals surface area contributed by atoms with Crippen molar-refractivity contribution in [3.63, 3.8) is 0 Å². The second-order valence-corrected chi connectivity index (χ2v) is 6.31. The van der Waals surface area contributed by atoms with Crippen LogP contribution in [-0.4, -0.2) is 22.8 Å². The summed E-state index contributed by atoms with van der Waals surface area (Å²) in [6.45, 7) is 0.364. The lowest BCUT2D eigenvalue weighted by Crippen LogP contribution is -2.18. The molecule has 128 valence electrons. The lowest BCUT2D eigenvalue weighted by Gasteiger charge is -2.12. The first-order valence-electron chi connectivity index (χ1n) is 7.67. The average molecular weight is 402 g/mol. The van der Waals surface area contributed by atoms with Gasteiger partial charge in [-0.3, -0.25) is 14.3 Å². The molecule has 6 nitrogen and oxygen atoms in total. The number of amides is 1. The zero-order valence-electron chi connectivity index (χ0n) is 13.5. The molecular weight excluding hydrogens is 386 g/mol. The molecule has 7 heteroatoms.